The molecule has 112 valence electrons. The molecular weight excluding hydrogens is 303 g/mol. The summed E-state index contributed by atoms with van der Waals surface area (Å²) >= 11 is 0. The Balaban J connectivity index is 2.35. The van der Waals surface area contributed by atoms with Crippen LogP contribution in [0.5, 0.6) is 0 Å². The molecule has 10 heteroatoms. The highest BCUT2D eigenvalue weighted by molar-refractivity contribution is 7.89. The van der Waals surface area contributed by atoms with E-state index in [9.17, 15) is 26.4 Å². The van der Waals surface area contributed by atoms with E-state index in [1.165, 1.54) is 0 Å². The summed E-state index contributed by atoms with van der Waals surface area (Å²) in [5.74, 6) is -2.45. The number of furan rings is 1. The number of alkyl halides is 3. The molecule has 0 atom stereocenters. The third kappa shape index (κ3) is 2.40. The van der Waals surface area contributed by atoms with E-state index in [0.717, 1.165) is 6.92 Å². The number of hydrogen-bond acceptors (Lipinski definition) is 4. The van der Waals surface area contributed by atoms with Crippen molar-refractivity contribution in [3.8, 4) is 0 Å². The molecule has 1 saturated carbocycles. The minimum atomic E-state index is -4.70. The van der Waals surface area contributed by atoms with Crippen molar-refractivity contribution in [2.75, 3.05) is 0 Å². The summed E-state index contributed by atoms with van der Waals surface area (Å²) < 4.78 is 68.3. The predicted molar refractivity (Wildman–Crippen MR) is 58.7 cm³/mol. The van der Waals surface area contributed by atoms with Crippen LogP contribution in [0.3, 0.4) is 0 Å². The Morgan fingerprint density at radius 2 is 2.00 bits per heavy atom. The Bertz CT molecular complexity index is 657. The monoisotopic (exact) mass is 313 g/mol. The Morgan fingerprint density at radius 1 is 1.45 bits per heavy atom. The van der Waals surface area contributed by atoms with E-state index < -0.39 is 38.4 Å². The lowest BCUT2D eigenvalue weighted by molar-refractivity contribution is -0.160. The van der Waals surface area contributed by atoms with Gasteiger partial charge in [0.1, 0.15) is 16.2 Å². The maximum absolute atomic E-state index is 12.7. The van der Waals surface area contributed by atoms with Gasteiger partial charge in [-0.15, -0.1) is 0 Å². The van der Waals surface area contributed by atoms with Crippen molar-refractivity contribution in [2.45, 2.75) is 36.4 Å². The summed E-state index contributed by atoms with van der Waals surface area (Å²) in [5, 5.41) is 8.67. The first kappa shape index (κ1) is 14.9. The molecule has 2 N–H and O–H groups in total. The molecule has 20 heavy (non-hydrogen) atoms. The Labute approximate surface area is 111 Å². The molecule has 0 bridgehead atoms. The summed E-state index contributed by atoms with van der Waals surface area (Å²) in [4.78, 5) is 10.1. The van der Waals surface area contributed by atoms with Crippen molar-refractivity contribution in [1.82, 2.24) is 4.72 Å². The van der Waals surface area contributed by atoms with Crippen molar-refractivity contribution >= 4 is 16.0 Å². The second kappa shape index (κ2) is 4.22. The van der Waals surface area contributed by atoms with E-state index in [1.54, 1.807) is 4.72 Å². The fourth-order valence-corrected chi connectivity index (χ4v) is 3.34. The molecule has 0 aliphatic heterocycles. The van der Waals surface area contributed by atoms with E-state index in [0.29, 0.717) is 6.07 Å². The maximum atomic E-state index is 12.7. The Morgan fingerprint density at radius 3 is 2.35 bits per heavy atom. The van der Waals surface area contributed by atoms with Crippen LogP contribution in [-0.4, -0.2) is 31.2 Å². The largest absolute Gasteiger partial charge is 0.475 e. The summed E-state index contributed by atoms with van der Waals surface area (Å²) in [6.07, 6.45) is -5.40. The molecule has 1 heterocycles. The van der Waals surface area contributed by atoms with Gasteiger partial charge in [-0.2, -0.15) is 17.9 Å². The molecule has 0 aromatic carbocycles. The van der Waals surface area contributed by atoms with Crippen LogP contribution in [0.15, 0.2) is 15.4 Å². The summed E-state index contributed by atoms with van der Waals surface area (Å²) in [5.41, 5.74) is -2.46. The predicted octanol–water partition coefficient (Wildman–Crippen LogP) is 1.66. The molecule has 6 nitrogen and oxygen atoms in total. The van der Waals surface area contributed by atoms with Gasteiger partial charge in [-0.25, -0.2) is 13.2 Å². The number of rotatable bonds is 4. The number of nitrogens with one attached hydrogen (secondary N) is 1. The highest BCUT2D eigenvalue weighted by Crippen LogP contribution is 2.49. The first-order valence-corrected chi connectivity index (χ1v) is 6.91. The topological polar surface area (TPSA) is 96.6 Å². The molecular formula is C10H10F3NO5S. The minimum Gasteiger partial charge on any atom is -0.475 e. The van der Waals surface area contributed by atoms with Crippen molar-refractivity contribution in [1.29, 1.82) is 0 Å². The molecule has 1 aliphatic carbocycles. The molecule has 1 aromatic rings. The van der Waals surface area contributed by atoms with Crippen molar-refractivity contribution in [3.63, 3.8) is 0 Å². The highest BCUT2D eigenvalue weighted by Gasteiger charge is 2.65. The van der Waals surface area contributed by atoms with Gasteiger partial charge in [0.25, 0.3) is 0 Å². The number of carbonyl (C=O) groups is 1. The summed E-state index contributed by atoms with van der Waals surface area (Å²) in [6.45, 7) is 1.16. The van der Waals surface area contributed by atoms with Crippen LogP contribution in [0.4, 0.5) is 13.2 Å². The van der Waals surface area contributed by atoms with Gasteiger partial charge in [0.15, 0.2) is 0 Å². The molecule has 0 saturated heterocycles. The molecule has 1 aliphatic rings. The van der Waals surface area contributed by atoms with E-state index in [2.05, 4.69) is 4.42 Å². The lowest BCUT2D eigenvalue weighted by Crippen LogP contribution is -2.47. The van der Waals surface area contributed by atoms with Crippen molar-refractivity contribution in [3.05, 3.63) is 17.6 Å². The fraction of sp³-hybridized carbons (Fsp3) is 0.500. The zero-order valence-electron chi connectivity index (χ0n) is 10.1. The molecule has 0 amide bonds. The third-order valence-electron chi connectivity index (χ3n) is 2.99. The first-order chi connectivity index (χ1) is 8.98. The van der Waals surface area contributed by atoms with Gasteiger partial charge in [-0.3, -0.25) is 0 Å². The Kier molecular flexibility index (Phi) is 3.13. The number of hydrogen-bond donors (Lipinski definition) is 2. The molecule has 2 rings (SSSR count). The zero-order valence-corrected chi connectivity index (χ0v) is 10.9. The number of carboxylic acid groups (broad SMARTS) is 1. The number of aryl methyl sites for hydroxylation is 1. The highest BCUT2D eigenvalue weighted by atomic mass is 32.2. The third-order valence-corrected chi connectivity index (χ3v) is 4.64. The molecule has 0 radical (unpaired) electrons. The number of carboxylic acids is 1. The minimum absolute atomic E-state index is 0.284. The van der Waals surface area contributed by atoms with Crippen LogP contribution in [0.25, 0.3) is 0 Å². The number of halogens is 3. The van der Waals surface area contributed by atoms with Gasteiger partial charge in [0.05, 0.1) is 0 Å². The van der Waals surface area contributed by atoms with Crippen LogP contribution in [0.1, 0.15) is 29.2 Å². The smallest absolute Gasteiger partial charge is 0.407 e. The SMILES string of the molecule is Cc1oc(C(=O)O)cc1S(=O)(=O)NC1(C(F)(F)F)CC1. The van der Waals surface area contributed by atoms with Crippen LogP contribution < -0.4 is 4.72 Å². The average Bonchev–Trinajstić information content (AvgIpc) is 2.91. The lowest BCUT2D eigenvalue weighted by atomic mass is 10.3. The fourth-order valence-electron chi connectivity index (χ4n) is 1.72. The molecule has 0 spiro atoms. The normalized spacial score (nSPS) is 18.0. The van der Waals surface area contributed by atoms with Crippen molar-refractivity contribution in [2.24, 2.45) is 0 Å². The van der Waals surface area contributed by atoms with E-state index in [4.69, 9.17) is 5.11 Å². The standard InChI is InChI=1S/C10H10F3NO5S/c1-5-7(4-6(19-5)8(15)16)20(17,18)14-9(2-3-9)10(11,12)13/h4,14H,2-3H2,1H3,(H,15,16). The Hall–Kier alpha value is -1.55. The quantitative estimate of drug-likeness (QED) is 0.881. The van der Waals surface area contributed by atoms with Gasteiger partial charge in [-0.1, -0.05) is 0 Å². The number of sulfonamides is 1. The van der Waals surface area contributed by atoms with E-state index >= 15 is 0 Å². The van der Waals surface area contributed by atoms with Gasteiger partial charge >= 0.3 is 12.1 Å². The summed E-state index contributed by atoms with van der Waals surface area (Å²) in [7, 11) is -4.51. The second-order valence-corrected chi connectivity index (χ2v) is 6.17. The van der Waals surface area contributed by atoms with Gasteiger partial charge < -0.3 is 9.52 Å². The molecule has 0 unspecified atom stereocenters. The van der Waals surface area contributed by atoms with Crippen LogP contribution >= 0.6 is 0 Å². The number of aromatic carboxylic acids is 1. The molecule has 1 aromatic heterocycles. The van der Waals surface area contributed by atoms with E-state index in [-0.39, 0.29) is 18.6 Å². The van der Waals surface area contributed by atoms with Crippen LogP contribution in [0, 0.1) is 6.92 Å². The maximum Gasteiger partial charge on any atom is 0.407 e. The van der Waals surface area contributed by atoms with Gasteiger partial charge in [-0.05, 0) is 19.8 Å². The second-order valence-electron chi connectivity index (χ2n) is 4.52. The van der Waals surface area contributed by atoms with Gasteiger partial charge in [0.2, 0.25) is 15.8 Å². The van der Waals surface area contributed by atoms with Crippen LogP contribution in [0.2, 0.25) is 0 Å². The summed E-state index contributed by atoms with van der Waals surface area (Å²) in [6, 6.07) is 0.687. The lowest BCUT2D eigenvalue weighted by Gasteiger charge is -2.20. The first-order valence-electron chi connectivity index (χ1n) is 5.43. The van der Waals surface area contributed by atoms with Crippen molar-refractivity contribution < 1.29 is 35.9 Å². The molecule has 1 fully saturated rings. The van der Waals surface area contributed by atoms with Gasteiger partial charge in [0, 0.05) is 6.07 Å². The van der Waals surface area contributed by atoms with E-state index in [1.807, 2.05) is 0 Å². The average molecular weight is 313 g/mol. The van der Waals surface area contributed by atoms with Crippen LogP contribution in [-0.2, 0) is 10.0 Å². The zero-order chi connectivity index (χ0) is 15.3.